The van der Waals surface area contributed by atoms with E-state index in [1.165, 1.54) is 5.56 Å². The summed E-state index contributed by atoms with van der Waals surface area (Å²) in [6, 6.07) is 13.7. The summed E-state index contributed by atoms with van der Waals surface area (Å²) in [5, 5.41) is 3.51. The van der Waals surface area contributed by atoms with Crippen molar-refractivity contribution < 1.29 is 9.53 Å². The Kier molecular flexibility index (Phi) is 4.44. The lowest BCUT2D eigenvalue weighted by atomic mass is 10.1. The van der Waals surface area contributed by atoms with E-state index in [0.717, 1.165) is 23.3 Å². The van der Waals surface area contributed by atoms with Crippen LogP contribution in [0.3, 0.4) is 0 Å². The highest BCUT2D eigenvalue weighted by atomic mass is 16.5. The molecule has 0 bridgehead atoms. The zero-order valence-electron chi connectivity index (χ0n) is 15.5. The normalized spacial score (nSPS) is 15.1. The fraction of sp³-hybridized carbons (Fsp3) is 0.273. The van der Waals surface area contributed by atoms with Gasteiger partial charge < -0.3 is 14.6 Å². The highest BCUT2D eigenvalue weighted by Crippen LogP contribution is 2.30. The molecule has 3 aromatic rings. The Morgan fingerprint density at radius 1 is 1.22 bits per heavy atom. The largest absolute Gasteiger partial charge is 0.497 e. The minimum absolute atomic E-state index is 0.195. The number of rotatable bonds is 5. The third-order valence-electron chi connectivity index (χ3n) is 5.23. The fourth-order valence-corrected chi connectivity index (χ4v) is 3.79. The summed E-state index contributed by atoms with van der Waals surface area (Å²) in [6.45, 7) is 2.58. The maximum atomic E-state index is 12.8. The number of pyridine rings is 1. The van der Waals surface area contributed by atoms with Crippen LogP contribution in [-0.2, 0) is 12.8 Å². The van der Waals surface area contributed by atoms with Crippen molar-refractivity contribution >= 4 is 16.8 Å². The van der Waals surface area contributed by atoms with Gasteiger partial charge in [-0.3, -0.25) is 9.59 Å². The van der Waals surface area contributed by atoms with Gasteiger partial charge in [0.2, 0.25) is 5.43 Å². The van der Waals surface area contributed by atoms with Crippen LogP contribution in [0.15, 0.2) is 53.5 Å². The number of aromatic nitrogens is 1. The Hall–Kier alpha value is -3.08. The quantitative estimate of drug-likeness (QED) is 0.759. The molecule has 1 aliphatic rings. The Morgan fingerprint density at radius 2 is 2.00 bits per heavy atom. The second kappa shape index (κ2) is 6.91. The number of amides is 1. The van der Waals surface area contributed by atoms with E-state index in [0.29, 0.717) is 18.4 Å². The van der Waals surface area contributed by atoms with Gasteiger partial charge in [0.05, 0.1) is 12.6 Å². The molecule has 1 amide bonds. The van der Waals surface area contributed by atoms with Gasteiger partial charge in [-0.05, 0) is 49.1 Å². The van der Waals surface area contributed by atoms with Crippen molar-refractivity contribution in [2.24, 2.45) is 0 Å². The topological polar surface area (TPSA) is 60.3 Å². The number of nitrogens with zero attached hydrogens (tertiary/aromatic N) is 1. The Bertz CT molecular complexity index is 1070. The van der Waals surface area contributed by atoms with E-state index in [1.54, 1.807) is 13.3 Å². The maximum absolute atomic E-state index is 12.8. The third kappa shape index (κ3) is 3.10. The number of nitrogens with one attached hydrogen (secondary N) is 1. The predicted molar refractivity (Wildman–Crippen MR) is 106 cm³/mol. The lowest BCUT2D eigenvalue weighted by molar-refractivity contribution is 0.0952. The van der Waals surface area contributed by atoms with Gasteiger partial charge in [-0.25, -0.2) is 0 Å². The average molecular weight is 362 g/mol. The van der Waals surface area contributed by atoms with Crippen molar-refractivity contribution in [1.29, 1.82) is 0 Å². The van der Waals surface area contributed by atoms with Crippen molar-refractivity contribution in [1.82, 2.24) is 9.88 Å². The first-order valence-electron chi connectivity index (χ1n) is 9.16. The average Bonchev–Trinajstić information content (AvgIpc) is 3.01. The van der Waals surface area contributed by atoms with Crippen LogP contribution in [0.4, 0.5) is 0 Å². The number of carbonyl (C=O) groups excluding carboxylic acids is 1. The fourth-order valence-electron chi connectivity index (χ4n) is 3.79. The first-order chi connectivity index (χ1) is 13.1. The number of ether oxygens (including phenoxy) is 1. The molecular formula is C22H22N2O3. The standard InChI is InChI=1S/C22H22N2O3/c1-14-12-16-4-3-5-18-20(16)24(14)13-19(21(18)25)22(26)23-11-10-15-6-8-17(27-2)9-7-15/h3-9,13-14H,10-12H2,1-2H3,(H,23,26)/t14-/m1/s1. The van der Waals surface area contributed by atoms with Gasteiger partial charge in [0, 0.05) is 24.2 Å². The minimum atomic E-state index is -0.316. The van der Waals surface area contributed by atoms with E-state index in [-0.39, 0.29) is 22.9 Å². The van der Waals surface area contributed by atoms with Gasteiger partial charge in [0.15, 0.2) is 0 Å². The van der Waals surface area contributed by atoms with E-state index in [2.05, 4.69) is 22.9 Å². The van der Waals surface area contributed by atoms with E-state index < -0.39 is 0 Å². The van der Waals surface area contributed by atoms with Crippen LogP contribution in [0.2, 0.25) is 0 Å². The van der Waals surface area contributed by atoms with Crippen molar-refractivity contribution in [2.45, 2.75) is 25.8 Å². The van der Waals surface area contributed by atoms with Crippen LogP contribution in [0.5, 0.6) is 5.75 Å². The van der Waals surface area contributed by atoms with Crippen LogP contribution in [0.25, 0.3) is 10.9 Å². The molecule has 1 aliphatic heterocycles. The van der Waals surface area contributed by atoms with Crippen molar-refractivity contribution in [2.75, 3.05) is 13.7 Å². The number of hydrogen-bond donors (Lipinski definition) is 1. The second-order valence-corrected chi connectivity index (χ2v) is 7.00. The zero-order valence-corrected chi connectivity index (χ0v) is 15.5. The van der Waals surface area contributed by atoms with E-state index in [4.69, 9.17) is 4.74 Å². The Morgan fingerprint density at radius 3 is 2.74 bits per heavy atom. The number of methoxy groups -OCH3 is 1. The molecule has 1 atom stereocenters. The molecule has 5 nitrogen and oxygen atoms in total. The third-order valence-corrected chi connectivity index (χ3v) is 5.23. The minimum Gasteiger partial charge on any atom is -0.497 e. The highest BCUT2D eigenvalue weighted by Gasteiger charge is 2.24. The molecule has 138 valence electrons. The highest BCUT2D eigenvalue weighted by molar-refractivity contribution is 5.98. The summed E-state index contributed by atoms with van der Waals surface area (Å²) in [7, 11) is 1.63. The number of hydrogen-bond acceptors (Lipinski definition) is 3. The van der Waals surface area contributed by atoms with Crippen molar-refractivity contribution in [3.8, 4) is 5.75 Å². The Labute approximate surface area is 157 Å². The smallest absolute Gasteiger partial charge is 0.256 e. The maximum Gasteiger partial charge on any atom is 0.256 e. The van der Waals surface area contributed by atoms with Crippen LogP contribution < -0.4 is 15.5 Å². The van der Waals surface area contributed by atoms with Gasteiger partial charge in [-0.2, -0.15) is 0 Å². The predicted octanol–water partition coefficient (Wildman–Crippen LogP) is 3.10. The van der Waals surface area contributed by atoms with Crippen LogP contribution in [0.1, 0.15) is 34.5 Å². The summed E-state index contributed by atoms with van der Waals surface area (Å²) in [5.74, 6) is 0.488. The van der Waals surface area contributed by atoms with Gasteiger partial charge in [0.25, 0.3) is 5.91 Å². The molecule has 4 rings (SSSR count). The van der Waals surface area contributed by atoms with Crippen LogP contribution >= 0.6 is 0 Å². The SMILES string of the molecule is COc1ccc(CCNC(=O)c2cn3c4c(cccc4c2=O)C[C@H]3C)cc1. The molecule has 0 fully saturated rings. The zero-order chi connectivity index (χ0) is 19.0. The van der Waals surface area contributed by atoms with Crippen molar-refractivity contribution in [3.63, 3.8) is 0 Å². The molecule has 0 unspecified atom stereocenters. The summed E-state index contributed by atoms with van der Waals surface area (Å²) in [5.41, 5.74) is 3.25. The molecule has 5 heteroatoms. The molecule has 1 N–H and O–H groups in total. The van der Waals surface area contributed by atoms with Gasteiger partial charge >= 0.3 is 0 Å². The molecule has 0 saturated carbocycles. The molecular weight excluding hydrogens is 340 g/mol. The number of para-hydroxylation sites is 1. The van der Waals surface area contributed by atoms with E-state index in [9.17, 15) is 9.59 Å². The molecule has 0 saturated heterocycles. The number of benzene rings is 2. The van der Waals surface area contributed by atoms with Crippen molar-refractivity contribution in [3.05, 3.63) is 75.6 Å². The molecule has 1 aromatic heterocycles. The summed E-state index contributed by atoms with van der Waals surface area (Å²) < 4.78 is 7.21. The molecule has 0 spiro atoms. The van der Waals surface area contributed by atoms with Gasteiger partial charge in [-0.1, -0.05) is 24.3 Å². The molecule has 2 heterocycles. The summed E-state index contributed by atoms with van der Waals surface area (Å²) in [6.07, 6.45) is 3.30. The monoisotopic (exact) mass is 362 g/mol. The number of carbonyl (C=O) groups is 1. The molecule has 0 aliphatic carbocycles. The lowest BCUT2D eigenvalue weighted by Gasteiger charge is -2.12. The molecule has 0 radical (unpaired) electrons. The lowest BCUT2D eigenvalue weighted by Crippen LogP contribution is -2.31. The van der Waals surface area contributed by atoms with E-state index >= 15 is 0 Å². The van der Waals surface area contributed by atoms with Gasteiger partial charge in [0.1, 0.15) is 11.3 Å². The van der Waals surface area contributed by atoms with Crippen LogP contribution in [0, 0.1) is 0 Å². The first-order valence-corrected chi connectivity index (χ1v) is 9.16. The summed E-state index contributed by atoms with van der Waals surface area (Å²) in [4.78, 5) is 25.5. The Balaban J connectivity index is 1.53. The second-order valence-electron chi connectivity index (χ2n) is 7.00. The van der Waals surface area contributed by atoms with Gasteiger partial charge in [-0.15, -0.1) is 0 Å². The summed E-state index contributed by atoms with van der Waals surface area (Å²) >= 11 is 0. The molecule has 27 heavy (non-hydrogen) atoms. The van der Waals surface area contributed by atoms with E-state index in [1.807, 2.05) is 36.4 Å². The molecule has 2 aromatic carbocycles. The first kappa shape index (κ1) is 17.3. The van der Waals surface area contributed by atoms with Crippen LogP contribution in [-0.4, -0.2) is 24.1 Å².